The Labute approximate surface area is 112 Å². The van der Waals surface area contributed by atoms with Gasteiger partial charge in [-0.1, -0.05) is 44.5 Å². The van der Waals surface area contributed by atoms with Crippen molar-refractivity contribution in [1.29, 1.82) is 0 Å². The van der Waals surface area contributed by atoms with Crippen LogP contribution < -0.4 is 0 Å². The highest BCUT2D eigenvalue weighted by Gasteiger charge is 2.17. The molecule has 0 atom stereocenters. The molecule has 0 aliphatic carbocycles. The van der Waals surface area contributed by atoms with Crippen molar-refractivity contribution in [2.45, 2.75) is 33.6 Å². The molecule has 0 N–H and O–H groups in total. The molecule has 2 rings (SSSR count). The van der Waals surface area contributed by atoms with Gasteiger partial charge in [-0.25, -0.2) is 0 Å². The van der Waals surface area contributed by atoms with E-state index in [4.69, 9.17) is 16.0 Å². The first kappa shape index (κ1) is 13.2. The molecule has 0 unspecified atom stereocenters. The van der Waals surface area contributed by atoms with Crippen molar-refractivity contribution in [3.63, 3.8) is 0 Å². The van der Waals surface area contributed by atoms with Gasteiger partial charge >= 0.3 is 0 Å². The molecule has 1 aromatic carbocycles. The van der Waals surface area contributed by atoms with Crippen molar-refractivity contribution in [2.24, 2.45) is 5.41 Å². The van der Waals surface area contributed by atoms with Gasteiger partial charge in [0.05, 0.1) is 5.02 Å². The fourth-order valence-electron chi connectivity index (χ4n) is 1.78. The quantitative estimate of drug-likeness (QED) is 0.723. The van der Waals surface area contributed by atoms with Gasteiger partial charge < -0.3 is 4.42 Å². The first-order valence-corrected chi connectivity index (χ1v) is 6.46. The zero-order valence-electron chi connectivity index (χ0n) is 10.9. The number of carbonyl (C=O) groups excluding carboxylic acids is 1. The van der Waals surface area contributed by atoms with Crippen LogP contribution in [0.15, 0.2) is 28.7 Å². The van der Waals surface area contributed by atoms with E-state index in [1.807, 2.05) is 12.1 Å². The smallest absolute Gasteiger partial charge is 0.198 e. The number of fused-ring (bicyclic) bond motifs is 1. The molecule has 2 nitrogen and oxygen atoms in total. The Balaban J connectivity index is 2.21. The molecule has 0 saturated heterocycles. The van der Waals surface area contributed by atoms with E-state index in [1.54, 1.807) is 12.1 Å². The molecule has 1 heterocycles. The third kappa shape index (κ3) is 2.94. The van der Waals surface area contributed by atoms with Crippen LogP contribution in [0.5, 0.6) is 0 Å². The number of halogens is 1. The van der Waals surface area contributed by atoms with Crippen LogP contribution in [0.3, 0.4) is 0 Å². The van der Waals surface area contributed by atoms with Gasteiger partial charge in [0.2, 0.25) is 0 Å². The van der Waals surface area contributed by atoms with E-state index in [0.717, 1.165) is 11.8 Å². The minimum atomic E-state index is 0.0391. The molecule has 96 valence electrons. The van der Waals surface area contributed by atoms with Crippen LogP contribution in [0.1, 0.15) is 44.2 Å². The average Bonchev–Trinajstić information content (AvgIpc) is 2.70. The van der Waals surface area contributed by atoms with Crippen molar-refractivity contribution in [1.82, 2.24) is 0 Å². The predicted molar refractivity (Wildman–Crippen MR) is 74.2 cm³/mol. The van der Waals surface area contributed by atoms with E-state index in [1.165, 1.54) is 0 Å². The molecule has 0 saturated carbocycles. The summed E-state index contributed by atoms with van der Waals surface area (Å²) in [5.41, 5.74) is 0.748. The van der Waals surface area contributed by atoms with Gasteiger partial charge in [0.1, 0.15) is 0 Å². The molecule has 0 aliphatic heterocycles. The Hall–Kier alpha value is -1.28. The third-order valence-electron chi connectivity index (χ3n) is 2.87. The van der Waals surface area contributed by atoms with Crippen molar-refractivity contribution < 1.29 is 9.21 Å². The van der Waals surface area contributed by atoms with Crippen molar-refractivity contribution in [3.05, 3.63) is 35.0 Å². The summed E-state index contributed by atoms with van der Waals surface area (Å²) in [7, 11) is 0. The van der Waals surface area contributed by atoms with Gasteiger partial charge in [0.15, 0.2) is 17.1 Å². The Morgan fingerprint density at radius 1 is 1.33 bits per heavy atom. The SMILES string of the molecule is CC(C)(C)CCC(=O)c1cc2cccc(Cl)c2o1. The van der Waals surface area contributed by atoms with E-state index < -0.39 is 0 Å². The number of furan rings is 1. The van der Waals surface area contributed by atoms with Gasteiger partial charge in [-0.3, -0.25) is 4.79 Å². The van der Waals surface area contributed by atoms with Crippen LogP contribution in [0.25, 0.3) is 11.0 Å². The number of rotatable bonds is 3. The second-order valence-corrected chi connectivity index (χ2v) is 6.16. The van der Waals surface area contributed by atoms with E-state index in [2.05, 4.69) is 20.8 Å². The first-order valence-electron chi connectivity index (χ1n) is 6.08. The van der Waals surface area contributed by atoms with Crippen LogP contribution >= 0.6 is 11.6 Å². The van der Waals surface area contributed by atoms with Crippen LogP contribution in [-0.4, -0.2) is 5.78 Å². The Morgan fingerprint density at radius 2 is 2.06 bits per heavy atom. The summed E-state index contributed by atoms with van der Waals surface area (Å²) in [6.07, 6.45) is 1.34. The van der Waals surface area contributed by atoms with E-state index in [0.29, 0.717) is 22.8 Å². The maximum absolute atomic E-state index is 12.0. The highest BCUT2D eigenvalue weighted by Crippen LogP contribution is 2.28. The second-order valence-electron chi connectivity index (χ2n) is 5.75. The molecule has 1 aromatic heterocycles. The molecule has 0 fully saturated rings. The third-order valence-corrected chi connectivity index (χ3v) is 3.17. The summed E-state index contributed by atoms with van der Waals surface area (Å²) in [4.78, 5) is 12.0. The highest BCUT2D eigenvalue weighted by atomic mass is 35.5. The first-order chi connectivity index (χ1) is 8.37. The normalized spacial score (nSPS) is 12.0. The largest absolute Gasteiger partial charge is 0.451 e. The Kier molecular flexibility index (Phi) is 3.49. The maximum Gasteiger partial charge on any atom is 0.198 e. The fourth-order valence-corrected chi connectivity index (χ4v) is 2.00. The van der Waals surface area contributed by atoms with Crippen LogP contribution in [-0.2, 0) is 0 Å². The molecular formula is C15H17ClO2. The topological polar surface area (TPSA) is 30.2 Å². The summed E-state index contributed by atoms with van der Waals surface area (Å²) in [6, 6.07) is 7.28. The van der Waals surface area contributed by atoms with E-state index in [-0.39, 0.29) is 11.2 Å². The Morgan fingerprint density at radius 3 is 2.67 bits per heavy atom. The zero-order chi connectivity index (χ0) is 13.3. The Bertz CT molecular complexity index is 576. The van der Waals surface area contributed by atoms with Crippen molar-refractivity contribution in [3.8, 4) is 0 Å². The number of ketones is 1. The molecule has 0 radical (unpaired) electrons. The number of carbonyl (C=O) groups is 1. The predicted octanol–water partition coefficient (Wildman–Crippen LogP) is 5.10. The lowest BCUT2D eigenvalue weighted by Crippen LogP contribution is -2.08. The molecule has 0 spiro atoms. The van der Waals surface area contributed by atoms with Crippen molar-refractivity contribution in [2.75, 3.05) is 0 Å². The van der Waals surface area contributed by atoms with Gasteiger partial charge in [-0.15, -0.1) is 0 Å². The molecule has 0 amide bonds. The number of benzene rings is 1. The molecule has 0 aliphatic rings. The van der Waals surface area contributed by atoms with Gasteiger partial charge in [-0.2, -0.15) is 0 Å². The minimum Gasteiger partial charge on any atom is -0.451 e. The molecule has 2 aromatic rings. The minimum absolute atomic E-state index is 0.0391. The lowest BCUT2D eigenvalue weighted by Gasteiger charge is -2.16. The van der Waals surface area contributed by atoms with Gasteiger partial charge in [0.25, 0.3) is 0 Å². The second kappa shape index (κ2) is 4.77. The number of hydrogen-bond donors (Lipinski definition) is 0. The molecule has 0 bridgehead atoms. The highest BCUT2D eigenvalue weighted by molar-refractivity contribution is 6.34. The summed E-state index contributed by atoms with van der Waals surface area (Å²) in [5.74, 6) is 0.444. The molecule has 3 heteroatoms. The zero-order valence-corrected chi connectivity index (χ0v) is 11.7. The average molecular weight is 265 g/mol. The van der Waals surface area contributed by atoms with Crippen LogP contribution in [0.4, 0.5) is 0 Å². The fraction of sp³-hybridized carbons (Fsp3) is 0.400. The van der Waals surface area contributed by atoms with Gasteiger partial charge in [-0.05, 0) is 24.0 Å². The number of Topliss-reactive ketones (excluding diaryl/α,β-unsaturated/α-hetero) is 1. The lowest BCUT2D eigenvalue weighted by molar-refractivity contribution is 0.0941. The summed E-state index contributed by atoms with van der Waals surface area (Å²) >= 11 is 6.02. The van der Waals surface area contributed by atoms with E-state index in [9.17, 15) is 4.79 Å². The molecule has 18 heavy (non-hydrogen) atoms. The monoisotopic (exact) mass is 264 g/mol. The summed E-state index contributed by atoms with van der Waals surface area (Å²) in [6.45, 7) is 6.36. The molecular weight excluding hydrogens is 248 g/mol. The summed E-state index contributed by atoms with van der Waals surface area (Å²) < 4.78 is 5.54. The maximum atomic E-state index is 12.0. The number of hydrogen-bond acceptors (Lipinski definition) is 2. The van der Waals surface area contributed by atoms with E-state index >= 15 is 0 Å². The van der Waals surface area contributed by atoms with Crippen LogP contribution in [0.2, 0.25) is 5.02 Å². The lowest BCUT2D eigenvalue weighted by atomic mass is 9.89. The van der Waals surface area contributed by atoms with Crippen LogP contribution in [0, 0.1) is 5.41 Å². The van der Waals surface area contributed by atoms with Crippen molar-refractivity contribution >= 4 is 28.4 Å². The number of para-hydroxylation sites is 1. The standard InChI is InChI=1S/C15H17ClO2/c1-15(2,3)8-7-12(17)13-9-10-5-4-6-11(16)14(10)18-13/h4-6,9H,7-8H2,1-3H3. The summed E-state index contributed by atoms with van der Waals surface area (Å²) in [5, 5.41) is 1.42. The van der Waals surface area contributed by atoms with Gasteiger partial charge in [0, 0.05) is 11.8 Å².